The fourth-order valence-corrected chi connectivity index (χ4v) is 2.16. The zero-order chi connectivity index (χ0) is 9.47. The van der Waals surface area contributed by atoms with Gasteiger partial charge < -0.3 is 5.73 Å². The van der Waals surface area contributed by atoms with Gasteiger partial charge in [-0.3, -0.25) is 0 Å². The molecular weight excluding hydrogens is 246 g/mol. The van der Waals surface area contributed by atoms with Gasteiger partial charge in [-0.05, 0) is 30.5 Å². The summed E-state index contributed by atoms with van der Waals surface area (Å²) in [5, 5.41) is 0. The van der Waals surface area contributed by atoms with E-state index < -0.39 is 0 Å². The topological polar surface area (TPSA) is 26.0 Å². The van der Waals surface area contributed by atoms with Gasteiger partial charge in [-0.15, -0.1) is 0 Å². The molecule has 0 aromatic heterocycles. The summed E-state index contributed by atoms with van der Waals surface area (Å²) in [4.78, 5) is 0.634. The Balaban J connectivity index is 2.36. The maximum Gasteiger partial charge on any atom is 0.0834 e. The van der Waals surface area contributed by atoms with E-state index in [4.69, 9.17) is 18.0 Å². The molecule has 0 amide bonds. The molecule has 13 heavy (non-hydrogen) atoms. The predicted octanol–water partition coefficient (Wildman–Crippen LogP) is 2.77. The molecule has 2 N–H and O–H groups in total. The molecule has 0 saturated heterocycles. The van der Waals surface area contributed by atoms with Crippen LogP contribution in [0.5, 0.6) is 0 Å². The molecule has 1 aliphatic carbocycles. The van der Waals surface area contributed by atoms with Gasteiger partial charge in [0.25, 0.3) is 0 Å². The van der Waals surface area contributed by atoms with Crippen molar-refractivity contribution in [3.05, 3.63) is 34.3 Å². The van der Waals surface area contributed by atoms with Gasteiger partial charge in [0.15, 0.2) is 0 Å². The van der Waals surface area contributed by atoms with Crippen LogP contribution >= 0.6 is 28.1 Å². The van der Waals surface area contributed by atoms with E-state index >= 15 is 0 Å². The smallest absolute Gasteiger partial charge is 0.0834 e. The Morgan fingerprint density at radius 3 is 2.23 bits per heavy atom. The summed E-state index contributed by atoms with van der Waals surface area (Å²) in [5.41, 5.74) is 7.00. The molecule has 0 spiro atoms. The molecule has 0 unspecified atom stereocenters. The van der Waals surface area contributed by atoms with Gasteiger partial charge in [-0.25, -0.2) is 0 Å². The summed E-state index contributed by atoms with van der Waals surface area (Å²) < 4.78 is 1.09. The van der Waals surface area contributed by atoms with Crippen LogP contribution in [0.1, 0.15) is 18.4 Å². The summed E-state index contributed by atoms with van der Waals surface area (Å²) in [7, 11) is 0. The van der Waals surface area contributed by atoms with Crippen molar-refractivity contribution in [2.45, 2.75) is 18.3 Å². The quantitative estimate of drug-likeness (QED) is 0.823. The first-order chi connectivity index (χ1) is 6.15. The Morgan fingerprint density at radius 1 is 1.31 bits per heavy atom. The first-order valence-corrected chi connectivity index (χ1v) is 5.41. The Hall–Kier alpha value is -0.410. The lowest BCUT2D eigenvalue weighted by molar-refractivity contribution is 0.954. The van der Waals surface area contributed by atoms with Crippen LogP contribution in [0.15, 0.2) is 28.7 Å². The fourth-order valence-electron chi connectivity index (χ4n) is 1.57. The molecule has 0 bridgehead atoms. The lowest BCUT2D eigenvalue weighted by Crippen LogP contribution is -2.26. The molecule has 0 atom stereocenters. The van der Waals surface area contributed by atoms with Gasteiger partial charge in [-0.2, -0.15) is 0 Å². The van der Waals surface area contributed by atoms with Crippen molar-refractivity contribution in [3.8, 4) is 0 Å². The Morgan fingerprint density at radius 2 is 1.85 bits per heavy atom. The van der Waals surface area contributed by atoms with E-state index in [1.54, 1.807) is 0 Å². The summed E-state index contributed by atoms with van der Waals surface area (Å²) >= 11 is 8.48. The van der Waals surface area contributed by atoms with Gasteiger partial charge in [0.05, 0.1) is 4.99 Å². The number of hydrogen-bond donors (Lipinski definition) is 1. The van der Waals surface area contributed by atoms with Crippen molar-refractivity contribution < 1.29 is 0 Å². The molecule has 3 heteroatoms. The Bertz CT molecular complexity index is 340. The minimum absolute atomic E-state index is 0.0238. The van der Waals surface area contributed by atoms with Gasteiger partial charge >= 0.3 is 0 Å². The van der Waals surface area contributed by atoms with Crippen LogP contribution in [0.25, 0.3) is 0 Å². The fraction of sp³-hybridized carbons (Fsp3) is 0.300. The highest BCUT2D eigenvalue weighted by Crippen LogP contribution is 2.48. The van der Waals surface area contributed by atoms with E-state index in [1.165, 1.54) is 5.56 Å². The molecule has 1 fully saturated rings. The third kappa shape index (κ3) is 1.51. The highest BCUT2D eigenvalue weighted by molar-refractivity contribution is 9.10. The SMILES string of the molecule is NC(=S)C1(c2ccc(Br)cc2)CC1. The lowest BCUT2D eigenvalue weighted by Gasteiger charge is -2.13. The van der Waals surface area contributed by atoms with Crippen molar-refractivity contribution in [1.82, 2.24) is 0 Å². The highest BCUT2D eigenvalue weighted by atomic mass is 79.9. The van der Waals surface area contributed by atoms with Crippen molar-refractivity contribution in [2.75, 3.05) is 0 Å². The van der Waals surface area contributed by atoms with E-state index in [9.17, 15) is 0 Å². The van der Waals surface area contributed by atoms with Crippen LogP contribution in [0.3, 0.4) is 0 Å². The normalized spacial score (nSPS) is 18.2. The van der Waals surface area contributed by atoms with E-state index in [0.29, 0.717) is 4.99 Å². The van der Waals surface area contributed by atoms with Gasteiger partial charge in [0.2, 0.25) is 0 Å². The summed E-state index contributed by atoms with van der Waals surface area (Å²) in [6.07, 6.45) is 2.20. The van der Waals surface area contributed by atoms with E-state index in [2.05, 4.69) is 28.1 Å². The first kappa shape index (κ1) is 9.16. The van der Waals surface area contributed by atoms with Crippen molar-refractivity contribution >= 4 is 33.1 Å². The van der Waals surface area contributed by atoms with E-state index in [-0.39, 0.29) is 5.41 Å². The highest BCUT2D eigenvalue weighted by Gasteiger charge is 2.46. The van der Waals surface area contributed by atoms with E-state index in [1.807, 2.05) is 12.1 Å². The lowest BCUT2D eigenvalue weighted by atomic mass is 9.96. The molecule has 2 rings (SSSR count). The number of nitrogens with two attached hydrogens (primary N) is 1. The largest absolute Gasteiger partial charge is 0.393 e. The second kappa shape index (κ2) is 3.07. The Kier molecular flexibility index (Phi) is 2.16. The third-order valence-electron chi connectivity index (χ3n) is 2.62. The molecule has 1 saturated carbocycles. The second-order valence-electron chi connectivity index (χ2n) is 3.45. The molecule has 0 aliphatic heterocycles. The minimum atomic E-state index is 0.0238. The van der Waals surface area contributed by atoms with Crippen LogP contribution in [-0.2, 0) is 5.41 Å². The minimum Gasteiger partial charge on any atom is -0.393 e. The maximum atomic E-state index is 5.72. The van der Waals surface area contributed by atoms with Crippen molar-refractivity contribution in [1.29, 1.82) is 0 Å². The van der Waals surface area contributed by atoms with Crippen LogP contribution in [0.4, 0.5) is 0 Å². The number of rotatable bonds is 2. The van der Waals surface area contributed by atoms with Crippen LogP contribution in [0.2, 0.25) is 0 Å². The van der Waals surface area contributed by atoms with Crippen LogP contribution in [-0.4, -0.2) is 4.99 Å². The van der Waals surface area contributed by atoms with Crippen LogP contribution in [0, 0.1) is 0 Å². The standard InChI is InChI=1S/C10H10BrNS/c11-8-3-1-7(2-4-8)10(5-6-10)9(12)13/h1-4H,5-6H2,(H2,12,13). The molecule has 0 heterocycles. The summed E-state index contributed by atoms with van der Waals surface area (Å²) in [5.74, 6) is 0. The second-order valence-corrected chi connectivity index (χ2v) is 4.81. The average molecular weight is 256 g/mol. The number of thiocarbonyl (C=S) groups is 1. The number of hydrogen-bond acceptors (Lipinski definition) is 1. The molecular formula is C10H10BrNS. The molecule has 0 radical (unpaired) electrons. The molecule has 1 aromatic rings. The summed E-state index contributed by atoms with van der Waals surface area (Å²) in [6.45, 7) is 0. The van der Waals surface area contributed by atoms with Gasteiger partial charge in [0, 0.05) is 9.89 Å². The first-order valence-electron chi connectivity index (χ1n) is 4.21. The zero-order valence-corrected chi connectivity index (χ0v) is 9.49. The maximum absolute atomic E-state index is 5.72. The predicted molar refractivity (Wildman–Crippen MR) is 61.8 cm³/mol. The van der Waals surface area contributed by atoms with Crippen LogP contribution < -0.4 is 5.73 Å². The van der Waals surface area contributed by atoms with E-state index in [0.717, 1.165) is 17.3 Å². The molecule has 68 valence electrons. The average Bonchev–Trinajstić information content (AvgIpc) is 2.86. The molecule has 1 aliphatic rings. The van der Waals surface area contributed by atoms with Gasteiger partial charge in [-0.1, -0.05) is 40.3 Å². The molecule has 1 aromatic carbocycles. The zero-order valence-electron chi connectivity index (χ0n) is 7.09. The third-order valence-corrected chi connectivity index (χ3v) is 3.54. The van der Waals surface area contributed by atoms with Gasteiger partial charge in [0.1, 0.15) is 0 Å². The van der Waals surface area contributed by atoms with Crippen molar-refractivity contribution in [2.24, 2.45) is 5.73 Å². The van der Waals surface area contributed by atoms with Crippen molar-refractivity contribution in [3.63, 3.8) is 0 Å². The molecule has 1 nitrogen and oxygen atoms in total. The number of halogens is 1. The summed E-state index contributed by atoms with van der Waals surface area (Å²) in [6, 6.07) is 8.26. The monoisotopic (exact) mass is 255 g/mol. The number of benzene rings is 1. The Labute approximate surface area is 91.5 Å².